The maximum Gasteiger partial charge on any atom is -0.0306 e. The predicted octanol–water partition coefficient (Wildman–Crippen LogP) is 1.84. The van der Waals surface area contributed by atoms with Gasteiger partial charge in [0.05, 0.1) is 0 Å². The highest BCUT2D eigenvalue weighted by molar-refractivity contribution is 5.41. The third-order valence-electron chi connectivity index (χ3n) is 0. The highest BCUT2D eigenvalue weighted by atomic mass is 14.3. The van der Waals surface area contributed by atoms with Crippen molar-refractivity contribution in [3.8, 4) is 0 Å². The minimum Gasteiger partial charge on any atom is -0.259 e. The molecule has 0 amide bonds. The van der Waals surface area contributed by atoms with Gasteiger partial charge in [0.25, 0.3) is 0 Å². The van der Waals surface area contributed by atoms with E-state index in [9.17, 15) is 0 Å². The van der Waals surface area contributed by atoms with Crippen LogP contribution in [0, 0.1) is 5.41 Å². The molecule has 0 rings (SSSR count). The average Bonchev–Trinajstić information content (AvgIpc) is 1.39. The molecule has 0 unspecified atom stereocenters. The molecule has 0 fully saturated rings. The normalized spacial score (nSPS) is 4.33. The van der Waals surface area contributed by atoms with Gasteiger partial charge < -0.3 is 0 Å². The molecule has 0 aliphatic heterocycles. The number of rotatable bonds is 0. The van der Waals surface area contributed by atoms with E-state index in [0.29, 0.717) is 0 Å². The van der Waals surface area contributed by atoms with Crippen molar-refractivity contribution in [1.29, 1.82) is 5.41 Å². The predicted molar refractivity (Wildman–Crippen MR) is 29.3 cm³/mol. The SMILES string of the molecule is C=C=N.CCC. The Kier molecular flexibility index (Phi) is 38.1. The first kappa shape index (κ1) is 9.07. The van der Waals surface area contributed by atoms with Crippen molar-refractivity contribution in [1.82, 2.24) is 0 Å². The van der Waals surface area contributed by atoms with E-state index in [0.717, 1.165) is 0 Å². The summed E-state index contributed by atoms with van der Waals surface area (Å²) in [4.78, 5) is 0. The van der Waals surface area contributed by atoms with E-state index in [1.807, 2.05) is 0 Å². The van der Waals surface area contributed by atoms with Crippen LogP contribution in [0.25, 0.3) is 0 Å². The third kappa shape index (κ3) is 68.5. The van der Waals surface area contributed by atoms with Gasteiger partial charge in [-0.25, -0.2) is 0 Å². The van der Waals surface area contributed by atoms with Gasteiger partial charge in [0.1, 0.15) is 0 Å². The minimum atomic E-state index is 1.25. The molecule has 0 bridgehead atoms. The van der Waals surface area contributed by atoms with Crippen molar-refractivity contribution in [3.63, 3.8) is 0 Å². The first-order valence-electron chi connectivity index (χ1n) is 2.02. The molecule has 1 N–H and O–H groups in total. The summed E-state index contributed by atoms with van der Waals surface area (Å²) in [6.45, 7) is 7.15. The lowest BCUT2D eigenvalue weighted by molar-refractivity contribution is 1.09. The van der Waals surface area contributed by atoms with Crippen molar-refractivity contribution in [2.75, 3.05) is 0 Å². The second-order valence-corrected chi connectivity index (χ2v) is 0.884. The average molecular weight is 85.1 g/mol. The van der Waals surface area contributed by atoms with Crippen LogP contribution in [-0.2, 0) is 0 Å². The summed E-state index contributed by atoms with van der Waals surface area (Å²) in [5, 5.41) is 5.85. The molecule has 0 aliphatic rings. The first-order chi connectivity index (χ1) is 2.83. The third-order valence-corrected chi connectivity index (χ3v) is 0. The maximum absolute atomic E-state index is 5.85. The summed E-state index contributed by atoms with van der Waals surface area (Å²) < 4.78 is 0. The van der Waals surface area contributed by atoms with Gasteiger partial charge in [0.15, 0.2) is 0 Å². The van der Waals surface area contributed by atoms with Crippen molar-refractivity contribution >= 4 is 5.87 Å². The van der Waals surface area contributed by atoms with Gasteiger partial charge in [0.2, 0.25) is 0 Å². The zero-order valence-electron chi connectivity index (χ0n) is 4.41. The molecular formula is C5H11N. The lowest BCUT2D eigenvalue weighted by atomic mass is 10.6. The Hall–Kier alpha value is -0.550. The summed E-state index contributed by atoms with van der Waals surface area (Å²) in [5.74, 6) is 1.75. The molecule has 36 valence electrons. The summed E-state index contributed by atoms with van der Waals surface area (Å²) in [6.07, 6.45) is 1.25. The maximum atomic E-state index is 5.85. The Balaban J connectivity index is 0. The Morgan fingerprint density at radius 2 is 1.67 bits per heavy atom. The molecule has 1 nitrogen and oxygen atoms in total. The minimum absolute atomic E-state index is 1.25. The number of hydrogen-bond acceptors (Lipinski definition) is 1. The van der Waals surface area contributed by atoms with Crippen molar-refractivity contribution in [2.24, 2.45) is 0 Å². The number of nitrogens with one attached hydrogen (secondary N) is 1. The molecule has 0 atom stereocenters. The first-order valence-corrected chi connectivity index (χ1v) is 2.02. The Morgan fingerprint density at radius 3 is 1.67 bits per heavy atom. The van der Waals surface area contributed by atoms with Crippen LogP contribution in [0.1, 0.15) is 20.3 Å². The molecule has 0 aromatic carbocycles. The van der Waals surface area contributed by atoms with Gasteiger partial charge in [-0.05, 0) is 12.4 Å². The fourth-order valence-electron chi connectivity index (χ4n) is 0. The molecule has 0 radical (unpaired) electrons. The van der Waals surface area contributed by atoms with E-state index in [2.05, 4.69) is 20.4 Å². The Bertz CT molecular complexity index is 33.2. The van der Waals surface area contributed by atoms with Crippen LogP contribution in [0.4, 0.5) is 0 Å². The van der Waals surface area contributed by atoms with Crippen LogP contribution in [0.5, 0.6) is 0 Å². The molecule has 0 spiro atoms. The van der Waals surface area contributed by atoms with E-state index >= 15 is 0 Å². The summed E-state index contributed by atoms with van der Waals surface area (Å²) in [6, 6.07) is 0. The molecule has 0 aromatic heterocycles. The zero-order chi connectivity index (χ0) is 5.41. The Labute approximate surface area is 39.2 Å². The molecule has 0 aromatic rings. The second-order valence-electron chi connectivity index (χ2n) is 0.884. The Morgan fingerprint density at radius 1 is 1.67 bits per heavy atom. The van der Waals surface area contributed by atoms with Gasteiger partial charge in [-0.15, -0.1) is 0 Å². The van der Waals surface area contributed by atoms with Gasteiger partial charge in [-0.3, -0.25) is 5.41 Å². The van der Waals surface area contributed by atoms with Crippen LogP contribution in [0.3, 0.4) is 0 Å². The van der Waals surface area contributed by atoms with Gasteiger partial charge in [-0.2, -0.15) is 0 Å². The lowest BCUT2D eigenvalue weighted by Gasteiger charge is -1.48. The standard InChI is InChI=1S/C3H8.C2H3N/c1-3-2;1-2-3/h3H2,1-2H3;3H,1H2. The quantitative estimate of drug-likeness (QED) is 0.434. The van der Waals surface area contributed by atoms with Crippen LogP contribution in [-0.4, -0.2) is 5.87 Å². The van der Waals surface area contributed by atoms with Crippen molar-refractivity contribution in [2.45, 2.75) is 20.3 Å². The smallest absolute Gasteiger partial charge is 0.0306 e. The molecule has 6 heavy (non-hydrogen) atoms. The fraction of sp³-hybridized carbons (Fsp3) is 0.600. The molecular weight excluding hydrogens is 74.1 g/mol. The number of hydrogen-bond donors (Lipinski definition) is 1. The molecule has 0 heterocycles. The van der Waals surface area contributed by atoms with Crippen molar-refractivity contribution in [3.05, 3.63) is 6.58 Å². The highest BCUT2D eigenvalue weighted by Gasteiger charge is 1.35. The fourth-order valence-corrected chi connectivity index (χ4v) is 0. The van der Waals surface area contributed by atoms with Crippen LogP contribution in [0.2, 0.25) is 0 Å². The van der Waals surface area contributed by atoms with Gasteiger partial charge in [0, 0.05) is 0 Å². The van der Waals surface area contributed by atoms with E-state index in [-0.39, 0.29) is 0 Å². The second kappa shape index (κ2) is 25.2. The van der Waals surface area contributed by atoms with Gasteiger partial charge in [-0.1, -0.05) is 20.3 Å². The highest BCUT2D eigenvalue weighted by Crippen LogP contribution is 1.56. The largest absolute Gasteiger partial charge is 0.259 e. The summed E-state index contributed by atoms with van der Waals surface area (Å²) in [7, 11) is 0. The summed E-state index contributed by atoms with van der Waals surface area (Å²) >= 11 is 0. The molecule has 0 saturated carbocycles. The lowest BCUT2D eigenvalue weighted by Crippen LogP contribution is -1.27. The van der Waals surface area contributed by atoms with E-state index in [4.69, 9.17) is 5.41 Å². The topological polar surface area (TPSA) is 23.9 Å². The zero-order valence-corrected chi connectivity index (χ0v) is 4.41. The van der Waals surface area contributed by atoms with E-state index in [1.54, 1.807) is 5.87 Å². The van der Waals surface area contributed by atoms with Gasteiger partial charge >= 0.3 is 0 Å². The van der Waals surface area contributed by atoms with Crippen LogP contribution >= 0.6 is 0 Å². The molecule has 0 aliphatic carbocycles. The van der Waals surface area contributed by atoms with E-state index < -0.39 is 0 Å². The molecule has 1 heteroatoms. The molecule has 0 saturated heterocycles. The monoisotopic (exact) mass is 85.1 g/mol. The van der Waals surface area contributed by atoms with Crippen LogP contribution < -0.4 is 0 Å². The summed E-state index contributed by atoms with van der Waals surface area (Å²) in [5.41, 5.74) is 0. The van der Waals surface area contributed by atoms with Crippen molar-refractivity contribution < 1.29 is 0 Å². The van der Waals surface area contributed by atoms with Crippen LogP contribution in [0.15, 0.2) is 6.58 Å². The van der Waals surface area contributed by atoms with E-state index in [1.165, 1.54) is 6.42 Å².